The van der Waals surface area contributed by atoms with Gasteiger partial charge in [-0.05, 0) is 60.5 Å². The van der Waals surface area contributed by atoms with E-state index in [-0.39, 0.29) is 5.69 Å². The summed E-state index contributed by atoms with van der Waals surface area (Å²) in [6, 6.07) is 3.53. The van der Waals surface area contributed by atoms with Crippen LogP contribution in [0.3, 0.4) is 0 Å². The van der Waals surface area contributed by atoms with Gasteiger partial charge in [-0.2, -0.15) is 0 Å². The molecule has 1 saturated heterocycles. The number of carbonyl (C=O) groups excluding carboxylic acids is 1. The minimum atomic E-state index is -0.814. The minimum Gasteiger partial charge on any atom is -0.443 e. The number of benzene rings is 1. The molecule has 0 spiro atoms. The van der Waals surface area contributed by atoms with Gasteiger partial charge in [0.25, 0.3) is 0 Å². The lowest BCUT2D eigenvalue weighted by atomic mass is 9.78. The Labute approximate surface area is 154 Å². The van der Waals surface area contributed by atoms with Crippen molar-refractivity contribution in [2.24, 2.45) is 0 Å². The van der Waals surface area contributed by atoms with E-state index in [9.17, 15) is 4.79 Å². The van der Waals surface area contributed by atoms with Crippen molar-refractivity contribution in [2.45, 2.75) is 71.7 Å². The first-order chi connectivity index (χ1) is 11.8. The van der Waals surface area contributed by atoms with Crippen LogP contribution < -0.4 is 10.4 Å². The summed E-state index contributed by atoms with van der Waals surface area (Å²) in [5.41, 5.74) is -0.403. The molecule has 1 aromatic carbocycles. The van der Waals surface area contributed by atoms with E-state index in [1.165, 1.54) is 4.90 Å². The number of fused-ring (bicyclic) bond motifs is 1. The number of carbonyl (C=O) groups is 1. The molecule has 2 heterocycles. The highest BCUT2D eigenvalue weighted by atomic mass is 19.1. The van der Waals surface area contributed by atoms with Crippen LogP contribution in [-0.4, -0.2) is 36.6 Å². The van der Waals surface area contributed by atoms with Crippen molar-refractivity contribution in [3.05, 3.63) is 23.5 Å². The van der Waals surface area contributed by atoms with Crippen LogP contribution in [-0.2, 0) is 20.5 Å². The Morgan fingerprint density at radius 3 is 2.31 bits per heavy atom. The maximum absolute atomic E-state index is 15.4. The van der Waals surface area contributed by atoms with Gasteiger partial charge in [-0.25, -0.2) is 9.18 Å². The van der Waals surface area contributed by atoms with Crippen molar-refractivity contribution in [1.82, 2.24) is 0 Å². The minimum absolute atomic E-state index is 0.270. The van der Waals surface area contributed by atoms with Gasteiger partial charge in [0, 0.05) is 12.0 Å². The van der Waals surface area contributed by atoms with E-state index in [4.69, 9.17) is 14.0 Å². The standard InChI is InChI=1S/C19H27BFNO4/c1-17(2,3)24-16(23)22-11-10-12-8-9-13(14(21)15(12)22)20-25-18(4,5)19(6,7)26-20/h8-9H,10-11H2,1-7H3. The molecule has 0 unspecified atom stereocenters. The summed E-state index contributed by atoms with van der Waals surface area (Å²) in [4.78, 5) is 13.9. The Bertz CT molecular complexity index is 726. The summed E-state index contributed by atoms with van der Waals surface area (Å²) in [7, 11) is -0.814. The number of ether oxygens (including phenoxy) is 1. The zero-order valence-corrected chi connectivity index (χ0v) is 16.6. The smallest absolute Gasteiger partial charge is 0.443 e. The topological polar surface area (TPSA) is 48.0 Å². The van der Waals surface area contributed by atoms with Gasteiger partial charge in [-0.15, -0.1) is 0 Å². The second-order valence-electron chi connectivity index (χ2n) is 8.95. The molecule has 0 saturated carbocycles. The summed E-state index contributed by atoms with van der Waals surface area (Å²) in [5, 5.41) is 0. The monoisotopic (exact) mass is 363 g/mol. The zero-order valence-electron chi connectivity index (χ0n) is 16.6. The van der Waals surface area contributed by atoms with E-state index in [1.807, 2.05) is 33.8 Å². The maximum Gasteiger partial charge on any atom is 0.497 e. The van der Waals surface area contributed by atoms with E-state index in [0.29, 0.717) is 18.4 Å². The summed E-state index contributed by atoms with van der Waals surface area (Å²) in [6.45, 7) is 13.5. The maximum atomic E-state index is 15.4. The van der Waals surface area contributed by atoms with E-state index < -0.39 is 35.8 Å². The Morgan fingerprint density at radius 1 is 1.19 bits per heavy atom. The van der Waals surface area contributed by atoms with Crippen LogP contribution in [0.5, 0.6) is 0 Å². The fraction of sp³-hybridized carbons (Fsp3) is 0.632. The highest BCUT2D eigenvalue weighted by Crippen LogP contribution is 2.38. The van der Waals surface area contributed by atoms with Crippen molar-refractivity contribution >= 4 is 24.4 Å². The molecule has 3 rings (SSSR count). The van der Waals surface area contributed by atoms with E-state index in [0.717, 1.165) is 5.56 Å². The van der Waals surface area contributed by atoms with Gasteiger partial charge < -0.3 is 14.0 Å². The van der Waals surface area contributed by atoms with Crippen molar-refractivity contribution in [3.8, 4) is 0 Å². The first-order valence-electron chi connectivity index (χ1n) is 9.00. The SMILES string of the molecule is CC(C)(C)OC(=O)N1CCc2ccc(B3OC(C)(C)C(C)(C)O3)c(F)c21. The fourth-order valence-electron chi connectivity index (χ4n) is 3.11. The molecule has 26 heavy (non-hydrogen) atoms. The number of nitrogens with zero attached hydrogens (tertiary/aromatic N) is 1. The van der Waals surface area contributed by atoms with Crippen LogP contribution >= 0.6 is 0 Å². The first kappa shape index (κ1) is 19.2. The van der Waals surface area contributed by atoms with Gasteiger partial charge in [-0.3, -0.25) is 4.90 Å². The normalized spacial score (nSPS) is 21.1. The highest BCUT2D eigenvalue weighted by Gasteiger charge is 2.53. The zero-order chi connectivity index (χ0) is 19.5. The highest BCUT2D eigenvalue weighted by molar-refractivity contribution is 6.62. The molecule has 0 aliphatic carbocycles. The first-order valence-corrected chi connectivity index (χ1v) is 9.00. The second kappa shape index (κ2) is 5.96. The van der Waals surface area contributed by atoms with Gasteiger partial charge in [0.15, 0.2) is 0 Å². The molecule has 142 valence electrons. The summed E-state index contributed by atoms with van der Waals surface area (Å²) >= 11 is 0. The third-order valence-electron chi connectivity index (χ3n) is 5.23. The molecule has 2 aliphatic rings. The lowest BCUT2D eigenvalue weighted by molar-refractivity contribution is 0.00578. The third-order valence-corrected chi connectivity index (χ3v) is 5.23. The molecule has 1 fully saturated rings. The summed E-state index contributed by atoms with van der Waals surface area (Å²) in [5.74, 6) is -0.482. The number of hydrogen-bond acceptors (Lipinski definition) is 4. The van der Waals surface area contributed by atoms with Crippen molar-refractivity contribution in [2.75, 3.05) is 11.4 Å². The molecule has 0 atom stereocenters. The average Bonchev–Trinajstić information content (AvgIpc) is 2.97. The molecule has 1 amide bonds. The Kier molecular flexibility index (Phi) is 4.39. The number of hydrogen-bond donors (Lipinski definition) is 0. The van der Waals surface area contributed by atoms with Crippen molar-refractivity contribution in [1.29, 1.82) is 0 Å². The van der Waals surface area contributed by atoms with Gasteiger partial charge in [0.2, 0.25) is 0 Å². The van der Waals surface area contributed by atoms with E-state index in [2.05, 4.69) is 0 Å². The molecule has 0 N–H and O–H groups in total. The van der Waals surface area contributed by atoms with Crippen LogP contribution in [0.25, 0.3) is 0 Å². The summed E-state index contributed by atoms with van der Waals surface area (Å²) in [6.07, 6.45) is 0.0519. The number of anilines is 1. The van der Waals surface area contributed by atoms with Crippen molar-refractivity contribution in [3.63, 3.8) is 0 Å². The third kappa shape index (κ3) is 3.23. The Hall–Kier alpha value is -1.60. The second-order valence-corrected chi connectivity index (χ2v) is 8.95. The number of rotatable bonds is 1. The average molecular weight is 363 g/mol. The molecule has 0 bridgehead atoms. The van der Waals surface area contributed by atoms with Gasteiger partial charge in [0.05, 0.1) is 16.9 Å². The van der Waals surface area contributed by atoms with E-state index >= 15 is 4.39 Å². The van der Waals surface area contributed by atoms with Gasteiger partial charge in [-0.1, -0.05) is 12.1 Å². The molecule has 5 nitrogen and oxygen atoms in total. The molecular formula is C19H27BFNO4. The van der Waals surface area contributed by atoms with Gasteiger partial charge >= 0.3 is 13.2 Å². The number of amides is 1. The molecule has 7 heteroatoms. The van der Waals surface area contributed by atoms with Crippen LogP contribution in [0, 0.1) is 5.82 Å². The Morgan fingerprint density at radius 2 is 1.77 bits per heavy atom. The van der Waals surface area contributed by atoms with E-state index in [1.54, 1.807) is 26.8 Å². The molecular weight excluding hydrogens is 336 g/mol. The largest absolute Gasteiger partial charge is 0.497 e. The Balaban J connectivity index is 1.94. The lowest BCUT2D eigenvalue weighted by Crippen LogP contribution is -2.41. The van der Waals surface area contributed by atoms with Gasteiger partial charge in [0.1, 0.15) is 11.4 Å². The molecule has 0 radical (unpaired) electrons. The van der Waals surface area contributed by atoms with Crippen molar-refractivity contribution < 1.29 is 23.2 Å². The van der Waals surface area contributed by atoms with Crippen LogP contribution in [0.4, 0.5) is 14.9 Å². The molecule has 1 aromatic rings. The predicted octanol–water partition coefficient (Wildman–Crippen LogP) is 3.42. The molecule has 2 aliphatic heterocycles. The number of halogens is 1. The van der Waals surface area contributed by atoms with Crippen LogP contribution in [0.2, 0.25) is 0 Å². The quantitative estimate of drug-likeness (QED) is 0.718. The lowest BCUT2D eigenvalue weighted by Gasteiger charge is -2.32. The van der Waals surface area contributed by atoms with Crippen LogP contribution in [0.1, 0.15) is 54.0 Å². The van der Waals surface area contributed by atoms with Crippen LogP contribution in [0.15, 0.2) is 12.1 Å². The summed E-state index contributed by atoms with van der Waals surface area (Å²) < 4.78 is 32.7. The predicted molar refractivity (Wildman–Crippen MR) is 99.4 cm³/mol. The fourth-order valence-corrected chi connectivity index (χ4v) is 3.11. The molecule has 0 aromatic heterocycles.